The van der Waals surface area contributed by atoms with Gasteiger partial charge in [-0.2, -0.15) is 0 Å². The van der Waals surface area contributed by atoms with E-state index in [4.69, 9.17) is 0 Å². The van der Waals surface area contributed by atoms with Crippen LogP contribution in [0.3, 0.4) is 0 Å². The molecule has 1 saturated heterocycles. The summed E-state index contributed by atoms with van der Waals surface area (Å²) in [6.45, 7) is 3.60. The lowest BCUT2D eigenvalue weighted by atomic mass is 9.63. The summed E-state index contributed by atoms with van der Waals surface area (Å²) >= 11 is 0. The predicted molar refractivity (Wildman–Crippen MR) is 95.8 cm³/mol. The molecule has 2 bridgehead atoms. The predicted octanol–water partition coefficient (Wildman–Crippen LogP) is 2.38. The van der Waals surface area contributed by atoms with E-state index in [2.05, 4.69) is 17.5 Å². The van der Waals surface area contributed by atoms with Gasteiger partial charge in [0.1, 0.15) is 6.04 Å². The molecule has 0 spiro atoms. The molecular formula is C21H22N2O3. The van der Waals surface area contributed by atoms with Crippen molar-refractivity contribution in [3.63, 3.8) is 0 Å². The van der Waals surface area contributed by atoms with Gasteiger partial charge in [0.25, 0.3) is 0 Å². The van der Waals surface area contributed by atoms with Crippen LogP contribution in [-0.4, -0.2) is 28.7 Å². The van der Waals surface area contributed by atoms with Crippen LogP contribution in [0.1, 0.15) is 18.9 Å². The molecule has 134 valence electrons. The Hall–Kier alpha value is -2.43. The molecule has 6 rings (SSSR count). The van der Waals surface area contributed by atoms with E-state index in [1.54, 1.807) is 6.92 Å². The maximum atomic E-state index is 13.0. The fraction of sp³-hybridized carbons (Fsp3) is 0.476. The van der Waals surface area contributed by atoms with Gasteiger partial charge in [-0.25, -0.2) is 0 Å². The minimum atomic E-state index is -0.795. The summed E-state index contributed by atoms with van der Waals surface area (Å²) in [7, 11) is 0. The Morgan fingerprint density at radius 3 is 2.31 bits per heavy atom. The minimum Gasteiger partial charge on any atom is -0.324 e. The van der Waals surface area contributed by atoms with Crippen LogP contribution in [0.15, 0.2) is 36.4 Å². The zero-order chi connectivity index (χ0) is 18.2. The summed E-state index contributed by atoms with van der Waals surface area (Å²) in [6, 6.07) is 6.70. The Bertz CT molecular complexity index is 825. The van der Waals surface area contributed by atoms with Crippen molar-refractivity contribution in [2.45, 2.75) is 26.3 Å². The van der Waals surface area contributed by atoms with Crippen LogP contribution in [0, 0.1) is 42.4 Å². The van der Waals surface area contributed by atoms with Gasteiger partial charge < -0.3 is 5.32 Å². The topological polar surface area (TPSA) is 66.5 Å². The summed E-state index contributed by atoms with van der Waals surface area (Å²) in [4.78, 5) is 40.0. The number of carbonyl (C=O) groups is 3. The van der Waals surface area contributed by atoms with Gasteiger partial charge in [0.2, 0.25) is 17.7 Å². The number of hydrogen-bond donors (Lipinski definition) is 1. The van der Waals surface area contributed by atoms with Crippen LogP contribution < -0.4 is 5.32 Å². The van der Waals surface area contributed by atoms with Crippen LogP contribution in [0.4, 0.5) is 5.69 Å². The van der Waals surface area contributed by atoms with Gasteiger partial charge in [0.15, 0.2) is 0 Å². The summed E-state index contributed by atoms with van der Waals surface area (Å²) in [5, 5.41) is 2.84. The molecule has 7 atom stereocenters. The Morgan fingerprint density at radius 1 is 1.12 bits per heavy atom. The average molecular weight is 350 g/mol. The van der Waals surface area contributed by atoms with Gasteiger partial charge in [-0.15, -0.1) is 0 Å². The van der Waals surface area contributed by atoms with Crippen molar-refractivity contribution in [2.75, 3.05) is 5.32 Å². The van der Waals surface area contributed by atoms with Gasteiger partial charge in [0.05, 0.1) is 11.8 Å². The molecule has 3 fully saturated rings. The highest BCUT2D eigenvalue weighted by molar-refractivity contribution is 6.10. The van der Waals surface area contributed by atoms with E-state index in [0.717, 1.165) is 12.0 Å². The number of anilines is 1. The van der Waals surface area contributed by atoms with Crippen LogP contribution in [-0.2, 0) is 14.4 Å². The lowest BCUT2D eigenvalue weighted by molar-refractivity contribution is -0.146. The van der Waals surface area contributed by atoms with Gasteiger partial charge in [0, 0.05) is 5.69 Å². The highest BCUT2D eigenvalue weighted by atomic mass is 16.2. The molecule has 5 heteroatoms. The number of likely N-dealkylation sites (tertiary alicyclic amines) is 1. The monoisotopic (exact) mass is 350 g/mol. The molecule has 0 radical (unpaired) electrons. The Kier molecular flexibility index (Phi) is 3.21. The molecule has 1 heterocycles. The standard InChI is InChI=1S/C21H22N2O3/c1-10-4-3-5-12(8-10)22-19(24)11(2)23-20(25)17-13-6-7-14(16-9-15(13)16)18(17)21(23)26/h3-8,11,13-18H,9H2,1-2H3,(H,22,24)/t11-,13+,14+,15+,16+,17-,18-/m0/s1. The van der Waals surface area contributed by atoms with Crippen molar-refractivity contribution in [2.24, 2.45) is 35.5 Å². The molecule has 0 unspecified atom stereocenters. The number of nitrogens with one attached hydrogen (secondary N) is 1. The molecule has 1 N–H and O–H groups in total. The second-order valence-corrected chi connectivity index (χ2v) is 8.24. The second-order valence-electron chi connectivity index (χ2n) is 8.24. The smallest absolute Gasteiger partial charge is 0.247 e. The number of aryl methyl sites for hydroxylation is 1. The highest BCUT2D eigenvalue weighted by Crippen LogP contribution is 2.65. The molecule has 1 aromatic carbocycles. The third kappa shape index (κ3) is 2.06. The van der Waals surface area contributed by atoms with E-state index < -0.39 is 6.04 Å². The number of nitrogens with zero attached hydrogens (tertiary/aromatic N) is 1. The Balaban J connectivity index is 1.38. The number of benzene rings is 1. The normalized spacial score (nSPS) is 37.4. The largest absolute Gasteiger partial charge is 0.324 e. The van der Waals surface area contributed by atoms with Gasteiger partial charge in [-0.05, 0) is 61.6 Å². The van der Waals surface area contributed by atoms with Crippen molar-refractivity contribution in [3.8, 4) is 0 Å². The molecule has 1 aliphatic heterocycles. The molecule has 5 nitrogen and oxygen atoms in total. The van der Waals surface area contributed by atoms with Crippen molar-refractivity contribution < 1.29 is 14.4 Å². The number of allylic oxidation sites excluding steroid dienone is 2. The average Bonchev–Trinajstić information content (AvgIpc) is 3.39. The van der Waals surface area contributed by atoms with E-state index >= 15 is 0 Å². The lowest BCUT2D eigenvalue weighted by Crippen LogP contribution is -2.46. The molecule has 26 heavy (non-hydrogen) atoms. The first kappa shape index (κ1) is 15.8. The van der Waals surface area contributed by atoms with Crippen LogP contribution >= 0.6 is 0 Å². The molecular weight excluding hydrogens is 328 g/mol. The third-order valence-electron chi connectivity index (χ3n) is 6.75. The van der Waals surface area contributed by atoms with E-state index in [1.165, 1.54) is 4.90 Å². The van der Waals surface area contributed by atoms with Crippen LogP contribution in [0.5, 0.6) is 0 Å². The second kappa shape index (κ2) is 5.29. The minimum absolute atomic E-state index is 0.156. The quantitative estimate of drug-likeness (QED) is 0.672. The first-order valence-corrected chi connectivity index (χ1v) is 9.40. The summed E-state index contributed by atoms with van der Waals surface area (Å²) in [6.07, 6.45) is 5.43. The van der Waals surface area contributed by atoms with Crippen molar-refractivity contribution in [3.05, 3.63) is 42.0 Å². The molecule has 5 aliphatic rings. The Morgan fingerprint density at radius 2 is 1.73 bits per heavy atom. The molecule has 4 aliphatic carbocycles. The number of rotatable bonds is 3. The Labute approximate surface area is 152 Å². The van der Waals surface area contributed by atoms with Crippen LogP contribution in [0.25, 0.3) is 0 Å². The lowest BCUT2D eigenvalue weighted by Gasteiger charge is -2.37. The van der Waals surface area contributed by atoms with Crippen molar-refractivity contribution >= 4 is 23.4 Å². The van der Waals surface area contributed by atoms with Crippen molar-refractivity contribution in [1.29, 1.82) is 0 Å². The fourth-order valence-corrected chi connectivity index (χ4v) is 5.45. The summed E-state index contributed by atoms with van der Waals surface area (Å²) in [5.41, 5.74) is 1.72. The van der Waals surface area contributed by atoms with E-state index in [1.807, 2.05) is 31.2 Å². The third-order valence-corrected chi connectivity index (χ3v) is 6.75. The maximum absolute atomic E-state index is 13.0. The molecule has 2 saturated carbocycles. The molecule has 1 aromatic rings. The van der Waals surface area contributed by atoms with E-state index in [-0.39, 0.29) is 41.4 Å². The zero-order valence-corrected chi connectivity index (χ0v) is 14.9. The molecule has 3 amide bonds. The first-order chi connectivity index (χ1) is 12.5. The number of imide groups is 1. The van der Waals surface area contributed by atoms with E-state index in [0.29, 0.717) is 17.5 Å². The van der Waals surface area contributed by atoms with Gasteiger partial charge in [-0.1, -0.05) is 24.3 Å². The zero-order valence-electron chi connectivity index (χ0n) is 14.9. The molecule has 0 aromatic heterocycles. The summed E-state index contributed by atoms with van der Waals surface area (Å²) in [5.74, 6) is 0.367. The number of carbonyl (C=O) groups excluding carboxylic acids is 3. The first-order valence-electron chi connectivity index (χ1n) is 9.40. The summed E-state index contributed by atoms with van der Waals surface area (Å²) < 4.78 is 0. The van der Waals surface area contributed by atoms with Crippen LogP contribution in [0.2, 0.25) is 0 Å². The van der Waals surface area contributed by atoms with Gasteiger partial charge >= 0.3 is 0 Å². The van der Waals surface area contributed by atoms with Gasteiger partial charge in [-0.3, -0.25) is 19.3 Å². The number of hydrogen-bond acceptors (Lipinski definition) is 3. The van der Waals surface area contributed by atoms with Crippen molar-refractivity contribution in [1.82, 2.24) is 4.90 Å². The van der Waals surface area contributed by atoms with E-state index in [9.17, 15) is 14.4 Å². The highest BCUT2D eigenvalue weighted by Gasteiger charge is 2.67. The SMILES string of the molecule is Cc1cccc(NC(=O)[C@H](C)N2C(=O)[C@H]3[C@@H]4C=C[C@H]([C@H]5C[C@H]45)[C@@H]3C2=O)c1. The maximum Gasteiger partial charge on any atom is 0.247 e. The number of amides is 3. The fourth-order valence-electron chi connectivity index (χ4n) is 5.45.